The maximum Gasteiger partial charge on any atom is 0.410 e. The number of β-lactam (4-membered cyclic amide) rings is 1. The Morgan fingerprint density at radius 2 is 1.54 bits per heavy atom. The number of nitrogens with zero attached hydrogens (tertiary/aromatic N) is 4. The molecule has 5 rings (SSSR count). The van der Waals surface area contributed by atoms with Crippen LogP contribution in [0.15, 0.2) is 58.5 Å². The van der Waals surface area contributed by atoms with Crippen LogP contribution in [0.2, 0.25) is 0 Å². The van der Waals surface area contributed by atoms with E-state index in [1.807, 2.05) is 0 Å². The first kappa shape index (κ1) is 34.6. The van der Waals surface area contributed by atoms with Gasteiger partial charge < -0.3 is 24.2 Å². The van der Waals surface area contributed by atoms with E-state index in [1.165, 1.54) is 95.7 Å². The van der Waals surface area contributed by atoms with E-state index in [4.69, 9.17) is 14.2 Å². The summed E-state index contributed by atoms with van der Waals surface area (Å²) in [5, 5.41) is 31.2. The first-order chi connectivity index (χ1) is 22.8. The van der Waals surface area contributed by atoms with Gasteiger partial charge in [0.05, 0.1) is 32.1 Å². The summed E-state index contributed by atoms with van der Waals surface area (Å²) in [5.74, 6) is -2.51. The van der Waals surface area contributed by atoms with Crippen LogP contribution in [0.1, 0.15) is 31.4 Å². The van der Waals surface area contributed by atoms with E-state index in [0.717, 1.165) is 0 Å². The molecule has 1 N–H and O–H groups in total. The van der Waals surface area contributed by atoms with E-state index in [0.29, 0.717) is 21.8 Å². The smallest absolute Gasteiger partial charge is 0.410 e. The van der Waals surface area contributed by atoms with Crippen LogP contribution in [0.4, 0.5) is 16.2 Å². The molecule has 0 saturated carbocycles. The van der Waals surface area contributed by atoms with E-state index >= 15 is 0 Å². The standard InChI is InChI=1S/C30H30N4O12S2/c1-16(35)24-26(37)32-25(28(38)45-13-18-3-7-20(8-4-18)33(40)41)29(48-27(24)32)47-23-11-22(15-44-17(2)36)31(12-23)30(39)46-14-19-5-9-21(10-6-19)34(42)43/h3-10,16,22-24,27,35H,11-15H2,1-2H3/t16-,22?,23+,24+,27-/m1/s1. The predicted molar refractivity (Wildman–Crippen MR) is 170 cm³/mol. The van der Waals surface area contributed by atoms with Crippen LogP contribution in [-0.2, 0) is 41.8 Å². The second-order valence-corrected chi connectivity index (χ2v) is 13.9. The van der Waals surface area contributed by atoms with E-state index in [-0.39, 0.29) is 48.7 Å². The minimum Gasteiger partial charge on any atom is -0.464 e. The fourth-order valence-corrected chi connectivity index (χ4v) is 8.80. The number of amides is 2. The number of carbonyl (C=O) groups is 4. The molecule has 0 bridgehead atoms. The predicted octanol–water partition coefficient (Wildman–Crippen LogP) is 3.70. The maximum absolute atomic E-state index is 13.4. The first-order valence-electron chi connectivity index (χ1n) is 14.6. The molecule has 2 amide bonds. The SMILES string of the molecule is CC(=O)OCC1C[C@H](SC2=C(C(=O)OCc3ccc([N+](=O)[O-])cc3)N3C(=O)[C@H]([C@@H](C)O)[C@H]3S2)CN1C(=O)OCc1ccc([N+](=O)[O-])cc1. The zero-order chi connectivity index (χ0) is 34.7. The summed E-state index contributed by atoms with van der Waals surface area (Å²) >= 11 is 2.49. The molecule has 2 saturated heterocycles. The molecular weight excluding hydrogens is 672 g/mol. The number of likely N-dealkylation sites (tertiary alicyclic amines) is 1. The molecule has 1 unspecified atom stereocenters. The Morgan fingerprint density at radius 1 is 0.979 bits per heavy atom. The normalized spacial score (nSPS) is 22.1. The quantitative estimate of drug-likeness (QED) is 0.110. The minimum atomic E-state index is -0.964. The number of hydrogen-bond acceptors (Lipinski definition) is 14. The average Bonchev–Trinajstić information content (AvgIpc) is 3.60. The molecule has 2 aromatic rings. The van der Waals surface area contributed by atoms with E-state index in [1.54, 1.807) is 0 Å². The van der Waals surface area contributed by atoms with Gasteiger partial charge in [-0.15, -0.1) is 11.8 Å². The Morgan fingerprint density at radius 3 is 2.06 bits per heavy atom. The number of esters is 2. The van der Waals surface area contributed by atoms with Gasteiger partial charge in [-0.05, 0) is 48.7 Å². The number of aliphatic hydroxyl groups excluding tert-OH is 1. The van der Waals surface area contributed by atoms with E-state index in [2.05, 4.69) is 0 Å². The number of fused-ring (bicyclic) bond motifs is 1. The highest BCUT2D eigenvalue weighted by molar-refractivity contribution is 8.23. The van der Waals surface area contributed by atoms with Crippen LogP contribution in [0.3, 0.4) is 0 Å². The largest absolute Gasteiger partial charge is 0.464 e. The highest BCUT2D eigenvalue weighted by atomic mass is 32.2. The van der Waals surface area contributed by atoms with Gasteiger partial charge in [0, 0.05) is 43.0 Å². The minimum absolute atomic E-state index is 0.00884. The van der Waals surface area contributed by atoms with Crippen molar-refractivity contribution in [2.45, 2.75) is 56.3 Å². The van der Waals surface area contributed by atoms with Gasteiger partial charge in [-0.2, -0.15) is 0 Å². The Labute approximate surface area is 281 Å². The number of non-ortho nitro benzene ring substituents is 2. The number of thioether (sulfide) groups is 2. The molecule has 3 aliphatic rings. The number of aliphatic hydroxyl groups is 1. The molecule has 0 aliphatic carbocycles. The van der Waals surface area contributed by atoms with Gasteiger partial charge in [0.1, 0.15) is 25.2 Å². The lowest BCUT2D eigenvalue weighted by atomic mass is 9.92. The van der Waals surface area contributed by atoms with Gasteiger partial charge >= 0.3 is 18.0 Å². The summed E-state index contributed by atoms with van der Waals surface area (Å²) in [6, 6.07) is 10.5. The van der Waals surface area contributed by atoms with Crippen LogP contribution in [-0.4, -0.2) is 84.6 Å². The lowest BCUT2D eigenvalue weighted by Gasteiger charge is -2.43. The van der Waals surface area contributed by atoms with Crippen molar-refractivity contribution in [1.29, 1.82) is 0 Å². The molecule has 5 atom stereocenters. The highest BCUT2D eigenvalue weighted by Crippen LogP contribution is 2.55. The molecule has 18 heteroatoms. The lowest BCUT2D eigenvalue weighted by molar-refractivity contribution is -0.385. The molecule has 254 valence electrons. The van der Waals surface area contributed by atoms with Gasteiger partial charge in [0.2, 0.25) is 5.91 Å². The molecular formula is C30H30N4O12S2. The second kappa shape index (κ2) is 14.6. The molecule has 16 nitrogen and oxygen atoms in total. The zero-order valence-corrected chi connectivity index (χ0v) is 27.2. The lowest BCUT2D eigenvalue weighted by Crippen LogP contribution is -2.60. The number of ether oxygens (including phenoxy) is 3. The number of hydrogen-bond donors (Lipinski definition) is 1. The third kappa shape index (κ3) is 7.55. The van der Waals surface area contributed by atoms with Gasteiger partial charge in [-0.3, -0.25) is 34.7 Å². The average molecular weight is 703 g/mol. The maximum atomic E-state index is 13.4. The fourth-order valence-electron chi connectivity index (χ4n) is 5.40. The molecule has 48 heavy (non-hydrogen) atoms. The Bertz CT molecular complexity index is 1650. The fraction of sp³-hybridized carbons (Fsp3) is 0.400. The summed E-state index contributed by atoms with van der Waals surface area (Å²) < 4.78 is 16.7. The van der Waals surface area contributed by atoms with Crippen molar-refractivity contribution in [1.82, 2.24) is 9.80 Å². The van der Waals surface area contributed by atoms with Crippen molar-refractivity contribution < 1.29 is 48.3 Å². The molecule has 0 spiro atoms. The number of nitro groups is 2. The third-order valence-electron chi connectivity index (χ3n) is 7.85. The van der Waals surface area contributed by atoms with Crippen molar-refractivity contribution in [3.8, 4) is 0 Å². The summed E-state index contributed by atoms with van der Waals surface area (Å²) in [6.07, 6.45) is -1.32. The summed E-state index contributed by atoms with van der Waals surface area (Å²) in [4.78, 5) is 74.7. The molecule has 3 aliphatic heterocycles. The van der Waals surface area contributed by atoms with Crippen molar-refractivity contribution in [2.24, 2.45) is 5.92 Å². The van der Waals surface area contributed by atoms with Crippen molar-refractivity contribution in [2.75, 3.05) is 13.2 Å². The second-order valence-electron chi connectivity index (χ2n) is 11.2. The van der Waals surface area contributed by atoms with Crippen LogP contribution in [0.5, 0.6) is 0 Å². The van der Waals surface area contributed by atoms with Crippen LogP contribution in [0, 0.1) is 26.1 Å². The Hall–Kier alpha value is -4.68. The first-order valence-corrected chi connectivity index (χ1v) is 16.4. The van der Waals surface area contributed by atoms with Crippen LogP contribution in [0.25, 0.3) is 0 Å². The monoisotopic (exact) mass is 702 g/mol. The van der Waals surface area contributed by atoms with Gasteiger partial charge in [0.15, 0.2) is 5.70 Å². The summed E-state index contributed by atoms with van der Waals surface area (Å²) in [5.41, 5.74) is 0.807. The number of rotatable bonds is 12. The van der Waals surface area contributed by atoms with E-state index < -0.39 is 57.2 Å². The summed E-state index contributed by atoms with van der Waals surface area (Å²) in [7, 11) is 0. The number of carbonyl (C=O) groups excluding carboxylic acids is 4. The topological polar surface area (TPSA) is 209 Å². The van der Waals surface area contributed by atoms with Gasteiger partial charge in [-0.25, -0.2) is 9.59 Å². The molecule has 3 heterocycles. The van der Waals surface area contributed by atoms with Crippen LogP contribution < -0.4 is 0 Å². The number of benzene rings is 2. The van der Waals surface area contributed by atoms with Crippen molar-refractivity contribution in [3.05, 3.63) is 89.8 Å². The molecule has 0 radical (unpaired) electrons. The third-order valence-corrected chi connectivity index (χ3v) is 10.7. The highest BCUT2D eigenvalue weighted by Gasteiger charge is 2.58. The Kier molecular flexibility index (Phi) is 10.5. The van der Waals surface area contributed by atoms with E-state index in [9.17, 15) is 44.5 Å². The van der Waals surface area contributed by atoms with Crippen LogP contribution >= 0.6 is 23.5 Å². The molecule has 2 aromatic carbocycles. The number of nitro benzene ring substituents is 2. The van der Waals surface area contributed by atoms with Gasteiger partial charge in [0.25, 0.3) is 11.4 Å². The zero-order valence-electron chi connectivity index (χ0n) is 25.6. The van der Waals surface area contributed by atoms with Crippen molar-refractivity contribution in [3.63, 3.8) is 0 Å². The van der Waals surface area contributed by atoms with Crippen molar-refractivity contribution >= 4 is 58.8 Å². The molecule has 0 aromatic heterocycles. The Balaban J connectivity index is 1.30. The molecule has 2 fully saturated rings. The van der Waals surface area contributed by atoms with Gasteiger partial charge in [-0.1, -0.05) is 11.8 Å². The summed E-state index contributed by atoms with van der Waals surface area (Å²) in [6.45, 7) is 2.41.